The highest BCUT2D eigenvalue weighted by Gasteiger charge is 2.25. The minimum absolute atomic E-state index is 0.0746. The third-order valence-electron chi connectivity index (χ3n) is 3.94. The van der Waals surface area contributed by atoms with Crippen molar-refractivity contribution in [1.82, 2.24) is 9.88 Å². The second-order valence-electron chi connectivity index (χ2n) is 5.41. The van der Waals surface area contributed by atoms with Crippen molar-refractivity contribution in [3.05, 3.63) is 27.9 Å². The predicted molar refractivity (Wildman–Crippen MR) is 80.8 cm³/mol. The summed E-state index contributed by atoms with van der Waals surface area (Å²) in [4.78, 5) is 19.3. The van der Waals surface area contributed by atoms with Gasteiger partial charge in [0.1, 0.15) is 12.0 Å². The molecule has 116 valence electrons. The zero-order valence-corrected chi connectivity index (χ0v) is 12.8. The summed E-state index contributed by atoms with van der Waals surface area (Å²) in [6, 6.07) is 2.21. The molecule has 0 aliphatic carbocycles. The average Bonchev–Trinajstić information content (AvgIpc) is 2.45. The lowest BCUT2D eigenvalue weighted by Crippen LogP contribution is -2.53. The van der Waals surface area contributed by atoms with Gasteiger partial charge >= 0.3 is 0 Å². The molecule has 1 aromatic heterocycles. The first-order valence-corrected chi connectivity index (χ1v) is 7.12. The van der Waals surface area contributed by atoms with Crippen LogP contribution in [0.5, 0.6) is 0 Å². The van der Waals surface area contributed by atoms with Gasteiger partial charge < -0.3 is 9.64 Å². The van der Waals surface area contributed by atoms with Crippen LogP contribution < -0.4 is 4.90 Å². The Kier molecular flexibility index (Phi) is 5.08. The monoisotopic (exact) mass is 294 g/mol. The number of rotatable bonds is 5. The Morgan fingerprint density at radius 2 is 2.29 bits per heavy atom. The van der Waals surface area contributed by atoms with E-state index in [0.29, 0.717) is 11.6 Å². The minimum Gasteiger partial charge on any atom is -0.383 e. The van der Waals surface area contributed by atoms with Gasteiger partial charge in [0.05, 0.1) is 11.5 Å². The number of piperazine rings is 1. The SMILES string of the molecule is COCCN1CCN(c2cc(C)c([N+](=O)[O-])cn2)CC1C. The normalized spacial score (nSPS) is 19.8. The zero-order chi connectivity index (χ0) is 15.4. The molecule has 2 heterocycles. The standard InChI is InChI=1S/C14H22N4O3/c1-11-8-14(15-9-13(11)18(19)20)17-5-4-16(6-7-21-3)12(2)10-17/h8-9,12H,4-7,10H2,1-3H3. The molecule has 0 spiro atoms. The lowest BCUT2D eigenvalue weighted by molar-refractivity contribution is -0.385. The Hall–Kier alpha value is -1.73. The first kappa shape index (κ1) is 15.7. The number of ether oxygens (including phenoxy) is 1. The largest absolute Gasteiger partial charge is 0.383 e. The van der Waals surface area contributed by atoms with E-state index >= 15 is 0 Å². The number of hydrogen-bond acceptors (Lipinski definition) is 6. The van der Waals surface area contributed by atoms with Crippen molar-refractivity contribution in [3.63, 3.8) is 0 Å². The molecule has 1 unspecified atom stereocenters. The first-order valence-electron chi connectivity index (χ1n) is 7.12. The summed E-state index contributed by atoms with van der Waals surface area (Å²) < 4.78 is 5.12. The van der Waals surface area contributed by atoms with E-state index in [-0.39, 0.29) is 5.69 Å². The van der Waals surface area contributed by atoms with Crippen molar-refractivity contribution < 1.29 is 9.66 Å². The highest BCUT2D eigenvalue weighted by molar-refractivity contribution is 5.49. The first-order chi connectivity index (χ1) is 10.0. The Morgan fingerprint density at radius 1 is 1.52 bits per heavy atom. The molecule has 2 rings (SSSR count). The van der Waals surface area contributed by atoms with E-state index in [1.54, 1.807) is 20.1 Å². The fraction of sp³-hybridized carbons (Fsp3) is 0.643. The molecular formula is C14H22N4O3. The van der Waals surface area contributed by atoms with Crippen molar-refractivity contribution in [2.75, 3.05) is 44.8 Å². The van der Waals surface area contributed by atoms with Crippen LogP contribution in [-0.4, -0.2) is 60.7 Å². The number of anilines is 1. The van der Waals surface area contributed by atoms with E-state index in [2.05, 4.69) is 21.7 Å². The van der Waals surface area contributed by atoms with Gasteiger partial charge in [0.25, 0.3) is 5.69 Å². The van der Waals surface area contributed by atoms with Crippen molar-refractivity contribution >= 4 is 11.5 Å². The Bertz CT molecular complexity index is 509. The molecule has 1 fully saturated rings. The molecular weight excluding hydrogens is 272 g/mol. The number of pyridine rings is 1. The summed E-state index contributed by atoms with van der Waals surface area (Å²) in [5, 5.41) is 10.8. The van der Waals surface area contributed by atoms with Crippen molar-refractivity contribution in [2.45, 2.75) is 19.9 Å². The number of aromatic nitrogens is 1. The summed E-state index contributed by atoms with van der Waals surface area (Å²) in [6.45, 7) is 8.29. The third kappa shape index (κ3) is 3.68. The molecule has 1 aromatic rings. The molecule has 7 nitrogen and oxygen atoms in total. The lowest BCUT2D eigenvalue weighted by Gasteiger charge is -2.40. The van der Waals surface area contributed by atoms with Crippen LogP contribution in [0.1, 0.15) is 12.5 Å². The molecule has 1 aliphatic heterocycles. The van der Waals surface area contributed by atoms with Crippen LogP contribution in [0.4, 0.5) is 11.5 Å². The van der Waals surface area contributed by atoms with E-state index < -0.39 is 4.92 Å². The molecule has 21 heavy (non-hydrogen) atoms. The van der Waals surface area contributed by atoms with Gasteiger partial charge in [-0.3, -0.25) is 15.0 Å². The van der Waals surface area contributed by atoms with Crippen LogP contribution >= 0.6 is 0 Å². The fourth-order valence-electron chi connectivity index (χ4n) is 2.64. The second kappa shape index (κ2) is 6.82. The molecule has 1 saturated heterocycles. The second-order valence-corrected chi connectivity index (χ2v) is 5.41. The van der Waals surface area contributed by atoms with Gasteiger partial charge in [-0.15, -0.1) is 0 Å². The number of nitro groups is 1. The van der Waals surface area contributed by atoms with Gasteiger partial charge in [-0.1, -0.05) is 0 Å². The lowest BCUT2D eigenvalue weighted by atomic mass is 10.1. The van der Waals surface area contributed by atoms with Gasteiger partial charge in [-0.2, -0.15) is 0 Å². The zero-order valence-electron chi connectivity index (χ0n) is 12.8. The van der Waals surface area contributed by atoms with E-state index in [9.17, 15) is 10.1 Å². The molecule has 1 atom stereocenters. The molecule has 1 aliphatic rings. The molecule has 0 bridgehead atoms. The average molecular weight is 294 g/mol. The highest BCUT2D eigenvalue weighted by Crippen LogP contribution is 2.23. The van der Waals surface area contributed by atoms with Crippen LogP contribution in [0.25, 0.3) is 0 Å². The highest BCUT2D eigenvalue weighted by atomic mass is 16.6. The number of nitrogens with zero attached hydrogens (tertiary/aromatic N) is 4. The summed E-state index contributed by atoms with van der Waals surface area (Å²) in [5.74, 6) is 0.816. The summed E-state index contributed by atoms with van der Waals surface area (Å²) in [6.07, 6.45) is 1.35. The Morgan fingerprint density at radius 3 is 2.86 bits per heavy atom. The van der Waals surface area contributed by atoms with Crippen LogP contribution in [0.15, 0.2) is 12.3 Å². The molecule has 0 aromatic carbocycles. The van der Waals surface area contributed by atoms with Gasteiger partial charge in [0.2, 0.25) is 0 Å². The Balaban J connectivity index is 2.04. The fourth-order valence-corrected chi connectivity index (χ4v) is 2.64. The molecule has 0 amide bonds. The van der Waals surface area contributed by atoms with Gasteiger partial charge in [-0.05, 0) is 19.9 Å². The number of aryl methyl sites for hydroxylation is 1. The minimum atomic E-state index is -0.391. The van der Waals surface area contributed by atoms with Gasteiger partial charge in [0.15, 0.2) is 0 Å². The van der Waals surface area contributed by atoms with Gasteiger partial charge in [0, 0.05) is 44.9 Å². The van der Waals surface area contributed by atoms with Gasteiger partial charge in [-0.25, -0.2) is 4.98 Å². The molecule has 0 saturated carbocycles. The Labute approximate surface area is 124 Å². The quantitative estimate of drug-likeness (QED) is 0.604. The third-order valence-corrected chi connectivity index (χ3v) is 3.94. The van der Waals surface area contributed by atoms with Crippen LogP contribution in [0, 0.1) is 17.0 Å². The predicted octanol–water partition coefficient (Wildman–Crippen LogP) is 1.46. The van der Waals surface area contributed by atoms with E-state index in [4.69, 9.17) is 4.74 Å². The smallest absolute Gasteiger partial charge is 0.290 e. The number of methoxy groups -OCH3 is 1. The maximum atomic E-state index is 10.8. The van der Waals surface area contributed by atoms with Crippen molar-refractivity contribution in [3.8, 4) is 0 Å². The van der Waals surface area contributed by atoms with Crippen molar-refractivity contribution in [1.29, 1.82) is 0 Å². The molecule has 0 N–H and O–H groups in total. The summed E-state index contributed by atoms with van der Waals surface area (Å²) >= 11 is 0. The van der Waals surface area contributed by atoms with Crippen molar-refractivity contribution in [2.24, 2.45) is 0 Å². The van der Waals surface area contributed by atoms with Crippen LogP contribution in [-0.2, 0) is 4.74 Å². The molecule has 7 heteroatoms. The topological polar surface area (TPSA) is 71.7 Å². The van der Waals surface area contributed by atoms with Crippen LogP contribution in [0.2, 0.25) is 0 Å². The summed E-state index contributed by atoms with van der Waals surface area (Å²) in [7, 11) is 1.71. The molecule has 0 radical (unpaired) electrons. The van der Waals surface area contributed by atoms with E-state index in [1.807, 2.05) is 0 Å². The maximum absolute atomic E-state index is 10.8. The van der Waals surface area contributed by atoms with E-state index in [0.717, 1.165) is 38.6 Å². The van der Waals surface area contributed by atoms with E-state index in [1.165, 1.54) is 6.20 Å². The van der Waals surface area contributed by atoms with Crippen LogP contribution in [0.3, 0.4) is 0 Å². The number of hydrogen-bond donors (Lipinski definition) is 0. The summed E-state index contributed by atoms with van der Waals surface area (Å²) in [5.41, 5.74) is 0.727. The maximum Gasteiger partial charge on any atom is 0.290 e.